The van der Waals surface area contributed by atoms with Crippen molar-refractivity contribution in [2.75, 3.05) is 5.32 Å². The Morgan fingerprint density at radius 1 is 0.950 bits per heavy atom. The maximum absolute atomic E-state index is 12.8. The molecule has 0 saturated carbocycles. The van der Waals surface area contributed by atoms with E-state index in [1.807, 2.05) is 0 Å². The Morgan fingerprint density at radius 2 is 1.65 bits per heavy atom. The van der Waals surface area contributed by atoms with Crippen LogP contribution in [0.1, 0.15) is 11.1 Å². The zero-order valence-corrected chi connectivity index (χ0v) is 10.3. The van der Waals surface area contributed by atoms with Gasteiger partial charge in [-0.3, -0.25) is 0 Å². The number of para-hydroxylation sites is 2. The van der Waals surface area contributed by atoms with Gasteiger partial charge in [-0.05, 0) is 18.2 Å². The van der Waals surface area contributed by atoms with Crippen LogP contribution in [0.2, 0.25) is 0 Å². The van der Waals surface area contributed by atoms with Crippen LogP contribution in [-0.2, 0) is 12.7 Å². The van der Waals surface area contributed by atoms with Crippen LogP contribution in [0.5, 0.6) is 11.5 Å². The Labute approximate surface area is 113 Å². The van der Waals surface area contributed by atoms with Crippen molar-refractivity contribution >= 4 is 5.69 Å². The normalized spacial score (nSPS) is 11.3. The number of halogens is 3. The van der Waals surface area contributed by atoms with Crippen LogP contribution in [-0.4, -0.2) is 10.2 Å². The molecule has 2 aromatic carbocycles. The fourth-order valence-corrected chi connectivity index (χ4v) is 1.80. The van der Waals surface area contributed by atoms with E-state index in [2.05, 4.69) is 5.32 Å². The number of hydrogen-bond acceptors (Lipinski definition) is 3. The number of alkyl halides is 3. The van der Waals surface area contributed by atoms with E-state index in [9.17, 15) is 23.4 Å². The number of anilines is 1. The molecule has 2 rings (SSSR count). The summed E-state index contributed by atoms with van der Waals surface area (Å²) in [6, 6.07) is 9.38. The molecule has 0 aliphatic heterocycles. The van der Waals surface area contributed by atoms with E-state index in [-0.39, 0.29) is 23.7 Å². The minimum atomic E-state index is -4.45. The van der Waals surface area contributed by atoms with Gasteiger partial charge in [-0.15, -0.1) is 0 Å². The van der Waals surface area contributed by atoms with E-state index >= 15 is 0 Å². The van der Waals surface area contributed by atoms with Gasteiger partial charge in [0.2, 0.25) is 0 Å². The van der Waals surface area contributed by atoms with Gasteiger partial charge >= 0.3 is 6.18 Å². The molecule has 6 heteroatoms. The van der Waals surface area contributed by atoms with Crippen LogP contribution in [0, 0.1) is 0 Å². The van der Waals surface area contributed by atoms with Crippen molar-refractivity contribution in [3.05, 3.63) is 53.6 Å². The van der Waals surface area contributed by atoms with Gasteiger partial charge < -0.3 is 15.5 Å². The second-order valence-corrected chi connectivity index (χ2v) is 4.18. The van der Waals surface area contributed by atoms with Crippen molar-refractivity contribution < 1.29 is 23.4 Å². The average Bonchev–Trinajstić information content (AvgIpc) is 2.40. The second-order valence-electron chi connectivity index (χ2n) is 4.18. The lowest BCUT2D eigenvalue weighted by Crippen LogP contribution is -2.10. The Bertz CT molecular complexity index is 612. The standard InChI is InChI=1S/C14H12F3NO2/c15-14(16,17)10-5-1-2-6-11(10)18-8-9-4-3-7-12(19)13(9)20/h1-7,18-20H,8H2. The van der Waals surface area contributed by atoms with Crippen LogP contribution in [0.3, 0.4) is 0 Å². The first-order valence-corrected chi connectivity index (χ1v) is 5.79. The average molecular weight is 283 g/mol. The summed E-state index contributed by atoms with van der Waals surface area (Å²) in [5.74, 6) is -0.655. The quantitative estimate of drug-likeness (QED) is 0.752. The molecular formula is C14H12F3NO2. The monoisotopic (exact) mass is 283 g/mol. The summed E-state index contributed by atoms with van der Waals surface area (Å²) < 4.78 is 38.4. The van der Waals surface area contributed by atoms with Gasteiger partial charge in [-0.1, -0.05) is 24.3 Å². The maximum Gasteiger partial charge on any atom is 0.418 e. The van der Waals surface area contributed by atoms with E-state index in [4.69, 9.17) is 0 Å². The minimum absolute atomic E-state index is 0.0344. The summed E-state index contributed by atoms with van der Waals surface area (Å²) in [6.07, 6.45) is -4.45. The fraction of sp³-hybridized carbons (Fsp3) is 0.143. The first-order chi connectivity index (χ1) is 9.39. The molecule has 0 saturated heterocycles. The molecule has 0 aliphatic carbocycles. The molecule has 0 bridgehead atoms. The predicted octanol–water partition coefficient (Wildman–Crippen LogP) is 3.73. The summed E-state index contributed by atoms with van der Waals surface area (Å²) in [6.45, 7) is -0.0344. The number of hydrogen-bond donors (Lipinski definition) is 3. The smallest absolute Gasteiger partial charge is 0.418 e. The summed E-state index contributed by atoms with van der Waals surface area (Å²) in [4.78, 5) is 0. The zero-order valence-electron chi connectivity index (χ0n) is 10.3. The molecule has 0 aromatic heterocycles. The Balaban J connectivity index is 2.22. The molecular weight excluding hydrogens is 271 g/mol. The summed E-state index contributed by atoms with van der Waals surface area (Å²) in [5, 5.41) is 21.5. The van der Waals surface area contributed by atoms with Crippen molar-refractivity contribution in [1.29, 1.82) is 0 Å². The number of benzene rings is 2. The third kappa shape index (κ3) is 2.96. The van der Waals surface area contributed by atoms with Crippen LogP contribution in [0.25, 0.3) is 0 Å². The van der Waals surface area contributed by atoms with Crippen LogP contribution >= 0.6 is 0 Å². The minimum Gasteiger partial charge on any atom is -0.504 e. The number of phenolic OH excluding ortho intramolecular Hbond substituents is 2. The topological polar surface area (TPSA) is 52.5 Å². The molecule has 106 valence electrons. The van der Waals surface area contributed by atoms with E-state index in [0.29, 0.717) is 5.56 Å². The fourth-order valence-electron chi connectivity index (χ4n) is 1.80. The summed E-state index contributed by atoms with van der Waals surface area (Å²) in [7, 11) is 0. The lowest BCUT2D eigenvalue weighted by molar-refractivity contribution is -0.136. The molecule has 0 radical (unpaired) electrons. The molecule has 0 amide bonds. The van der Waals surface area contributed by atoms with Gasteiger partial charge in [0.05, 0.1) is 5.56 Å². The lowest BCUT2D eigenvalue weighted by atomic mass is 10.1. The summed E-state index contributed by atoms with van der Waals surface area (Å²) >= 11 is 0. The van der Waals surface area contributed by atoms with E-state index in [1.54, 1.807) is 0 Å². The molecule has 0 fully saturated rings. The van der Waals surface area contributed by atoms with Gasteiger partial charge in [-0.25, -0.2) is 0 Å². The summed E-state index contributed by atoms with van der Waals surface area (Å²) in [5.41, 5.74) is -0.552. The van der Waals surface area contributed by atoms with Gasteiger partial charge in [-0.2, -0.15) is 13.2 Å². The van der Waals surface area contributed by atoms with Gasteiger partial charge in [0.25, 0.3) is 0 Å². The van der Waals surface area contributed by atoms with E-state index in [0.717, 1.165) is 6.07 Å². The highest BCUT2D eigenvalue weighted by Gasteiger charge is 2.33. The third-order valence-corrected chi connectivity index (χ3v) is 2.80. The van der Waals surface area contributed by atoms with Crippen LogP contribution < -0.4 is 5.32 Å². The first kappa shape index (κ1) is 14.0. The lowest BCUT2D eigenvalue weighted by Gasteiger charge is -2.15. The van der Waals surface area contributed by atoms with Crippen LogP contribution in [0.4, 0.5) is 18.9 Å². The molecule has 3 N–H and O–H groups in total. The zero-order chi connectivity index (χ0) is 14.8. The number of phenols is 2. The number of nitrogens with one attached hydrogen (secondary N) is 1. The van der Waals surface area contributed by atoms with Gasteiger partial charge in [0.1, 0.15) is 0 Å². The SMILES string of the molecule is Oc1cccc(CNc2ccccc2C(F)(F)F)c1O. The molecule has 0 aliphatic rings. The molecule has 0 heterocycles. The molecule has 0 unspecified atom stereocenters. The van der Waals surface area contributed by atoms with Crippen molar-refractivity contribution in [1.82, 2.24) is 0 Å². The van der Waals surface area contributed by atoms with E-state index in [1.165, 1.54) is 36.4 Å². The molecule has 2 aromatic rings. The largest absolute Gasteiger partial charge is 0.504 e. The van der Waals surface area contributed by atoms with Crippen molar-refractivity contribution in [2.24, 2.45) is 0 Å². The Morgan fingerprint density at radius 3 is 2.35 bits per heavy atom. The predicted molar refractivity (Wildman–Crippen MR) is 68.5 cm³/mol. The highest BCUT2D eigenvalue weighted by molar-refractivity contribution is 5.54. The van der Waals surface area contributed by atoms with E-state index < -0.39 is 11.7 Å². The number of aromatic hydroxyl groups is 2. The van der Waals surface area contributed by atoms with Gasteiger partial charge in [0.15, 0.2) is 11.5 Å². The highest BCUT2D eigenvalue weighted by atomic mass is 19.4. The molecule has 3 nitrogen and oxygen atoms in total. The molecule has 0 atom stereocenters. The Hall–Kier alpha value is -2.37. The van der Waals surface area contributed by atoms with Gasteiger partial charge in [0, 0.05) is 17.8 Å². The Kier molecular flexibility index (Phi) is 3.74. The first-order valence-electron chi connectivity index (χ1n) is 5.79. The number of rotatable bonds is 3. The highest BCUT2D eigenvalue weighted by Crippen LogP contribution is 2.35. The third-order valence-electron chi connectivity index (χ3n) is 2.80. The second kappa shape index (κ2) is 5.32. The molecule has 20 heavy (non-hydrogen) atoms. The maximum atomic E-state index is 12.8. The molecule has 0 spiro atoms. The van der Waals surface area contributed by atoms with Crippen molar-refractivity contribution in [2.45, 2.75) is 12.7 Å². The van der Waals surface area contributed by atoms with Crippen molar-refractivity contribution in [3.63, 3.8) is 0 Å². The van der Waals surface area contributed by atoms with Crippen LogP contribution in [0.15, 0.2) is 42.5 Å². The van der Waals surface area contributed by atoms with Crippen molar-refractivity contribution in [3.8, 4) is 11.5 Å².